The summed E-state index contributed by atoms with van der Waals surface area (Å²) in [6, 6.07) is 13.8. The SMILES string of the molecule is COC[C@@H](C)Oc1cc(C(=O)Nc2ccc(CC(=O)OC)cn2)cc(Oc2cccc(C)c2)n1. The third-order valence-corrected chi connectivity index (χ3v) is 4.62. The molecule has 1 amide bonds. The number of nitrogens with zero attached hydrogens (tertiary/aromatic N) is 2. The van der Waals surface area contributed by atoms with Crippen LogP contribution in [0, 0.1) is 6.92 Å². The number of rotatable bonds is 10. The highest BCUT2D eigenvalue weighted by Gasteiger charge is 2.15. The quantitative estimate of drug-likeness (QED) is 0.448. The molecular weight excluding hydrogens is 438 g/mol. The van der Waals surface area contributed by atoms with Crippen LogP contribution in [0.1, 0.15) is 28.4 Å². The molecule has 1 aromatic carbocycles. The van der Waals surface area contributed by atoms with Crippen molar-refractivity contribution < 1.29 is 28.5 Å². The molecule has 2 aromatic heterocycles. The number of hydrogen-bond donors (Lipinski definition) is 1. The number of pyridine rings is 2. The van der Waals surface area contributed by atoms with Crippen LogP contribution in [0.5, 0.6) is 17.5 Å². The van der Waals surface area contributed by atoms with E-state index in [9.17, 15) is 9.59 Å². The minimum atomic E-state index is -0.422. The summed E-state index contributed by atoms with van der Waals surface area (Å²) in [5, 5.41) is 2.73. The number of benzene rings is 1. The zero-order chi connectivity index (χ0) is 24.5. The molecule has 3 rings (SSSR count). The van der Waals surface area contributed by atoms with E-state index >= 15 is 0 Å². The van der Waals surface area contributed by atoms with Crippen LogP contribution < -0.4 is 14.8 Å². The second kappa shape index (κ2) is 11.8. The van der Waals surface area contributed by atoms with E-state index in [4.69, 9.17) is 14.2 Å². The number of carbonyl (C=O) groups excluding carboxylic acids is 2. The third kappa shape index (κ3) is 7.28. The van der Waals surface area contributed by atoms with Crippen molar-refractivity contribution in [2.75, 3.05) is 26.1 Å². The number of aryl methyl sites for hydroxylation is 1. The summed E-state index contributed by atoms with van der Waals surface area (Å²) in [7, 11) is 2.90. The maximum atomic E-state index is 13.0. The maximum Gasteiger partial charge on any atom is 0.310 e. The fourth-order valence-corrected chi connectivity index (χ4v) is 3.03. The number of amides is 1. The molecule has 0 radical (unpaired) electrons. The summed E-state index contributed by atoms with van der Waals surface area (Å²) in [5.41, 5.74) is 1.97. The molecule has 2 heterocycles. The molecule has 0 saturated heterocycles. The Balaban J connectivity index is 1.81. The molecule has 1 atom stereocenters. The lowest BCUT2D eigenvalue weighted by Crippen LogP contribution is -2.19. The van der Waals surface area contributed by atoms with Crippen molar-refractivity contribution in [1.82, 2.24) is 9.97 Å². The van der Waals surface area contributed by atoms with Crippen molar-refractivity contribution in [2.45, 2.75) is 26.4 Å². The van der Waals surface area contributed by atoms with Crippen molar-refractivity contribution in [1.29, 1.82) is 0 Å². The Hall–Kier alpha value is -3.98. The van der Waals surface area contributed by atoms with E-state index in [0.29, 0.717) is 23.7 Å². The molecule has 178 valence electrons. The topological polar surface area (TPSA) is 109 Å². The fourth-order valence-electron chi connectivity index (χ4n) is 3.03. The van der Waals surface area contributed by atoms with Crippen molar-refractivity contribution in [3.8, 4) is 17.5 Å². The number of aromatic nitrogens is 2. The molecule has 0 aliphatic carbocycles. The number of nitrogens with one attached hydrogen (secondary N) is 1. The van der Waals surface area contributed by atoms with Gasteiger partial charge in [-0.2, -0.15) is 4.98 Å². The van der Waals surface area contributed by atoms with Gasteiger partial charge >= 0.3 is 5.97 Å². The van der Waals surface area contributed by atoms with Gasteiger partial charge in [0.15, 0.2) is 0 Å². The molecule has 0 saturated carbocycles. The zero-order valence-electron chi connectivity index (χ0n) is 19.5. The van der Waals surface area contributed by atoms with Gasteiger partial charge in [0.05, 0.1) is 25.7 Å². The first-order chi connectivity index (χ1) is 16.4. The van der Waals surface area contributed by atoms with Gasteiger partial charge in [-0.05, 0) is 43.2 Å². The average molecular weight is 466 g/mol. The van der Waals surface area contributed by atoms with Crippen LogP contribution in [0.3, 0.4) is 0 Å². The third-order valence-electron chi connectivity index (χ3n) is 4.62. The standard InChI is InChI=1S/C25H27N3O6/c1-16-6-5-7-20(10-16)34-23-13-19(12-22(28-23)33-17(2)15-31-3)25(30)27-21-9-8-18(14-26-21)11-24(29)32-4/h5-10,12-14,17H,11,15H2,1-4H3,(H,26,27,30)/t17-/m1/s1. The number of anilines is 1. The number of methoxy groups -OCH3 is 2. The summed E-state index contributed by atoms with van der Waals surface area (Å²) in [4.78, 5) is 32.9. The van der Waals surface area contributed by atoms with Crippen LogP contribution in [-0.4, -0.2) is 48.8 Å². The monoisotopic (exact) mass is 465 g/mol. The van der Waals surface area contributed by atoms with E-state index in [-0.39, 0.29) is 35.8 Å². The highest BCUT2D eigenvalue weighted by molar-refractivity contribution is 6.04. The smallest absolute Gasteiger partial charge is 0.310 e. The van der Waals surface area contributed by atoms with Gasteiger partial charge in [-0.25, -0.2) is 4.98 Å². The van der Waals surface area contributed by atoms with Crippen LogP contribution in [0.2, 0.25) is 0 Å². The van der Waals surface area contributed by atoms with Crippen molar-refractivity contribution >= 4 is 17.7 Å². The number of ether oxygens (including phenoxy) is 4. The van der Waals surface area contributed by atoms with Gasteiger partial charge in [-0.1, -0.05) is 18.2 Å². The lowest BCUT2D eigenvalue weighted by atomic mass is 10.2. The van der Waals surface area contributed by atoms with Crippen LogP contribution >= 0.6 is 0 Å². The van der Waals surface area contributed by atoms with Gasteiger partial charge in [-0.15, -0.1) is 0 Å². The summed E-state index contributed by atoms with van der Waals surface area (Å²) >= 11 is 0. The molecule has 9 nitrogen and oxygen atoms in total. The first-order valence-corrected chi connectivity index (χ1v) is 10.6. The van der Waals surface area contributed by atoms with Gasteiger partial charge in [0.2, 0.25) is 11.8 Å². The van der Waals surface area contributed by atoms with Crippen LogP contribution in [0.15, 0.2) is 54.7 Å². The van der Waals surface area contributed by atoms with Gasteiger partial charge in [0.25, 0.3) is 5.91 Å². The van der Waals surface area contributed by atoms with Crippen LogP contribution in [0.4, 0.5) is 5.82 Å². The highest BCUT2D eigenvalue weighted by Crippen LogP contribution is 2.25. The lowest BCUT2D eigenvalue weighted by molar-refractivity contribution is -0.139. The van der Waals surface area contributed by atoms with E-state index in [1.807, 2.05) is 32.0 Å². The lowest BCUT2D eigenvalue weighted by Gasteiger charge is -2.15. The van der Waals surface area contributed by atoms with Gasteiger partial charge in [0.1, 0.15) is 17.7 Å². The van der Waals surface area contributed by atoms with Crippen LogP contribution in [-0.2, 0) is 20.7 Å². The molecular formula is C25H27N3O6. The molecule has 0 fully saturated rings. The van der Waals surface area contributed by atoms with E-state index in [0.717, 1.165) is 5.56 Å². The van der Waals surface area contributed by atoms with Crippen molar-refractivity contribution in [3.05, 3.63) is 71.4 Å². The van der Waals surface area contributed by atoms with Crippen molar-refractivity contribution in [2.24, 2.45) is 0 Å². The van der Waals surface area contributed by atoms with Crippen LogP contribution in [0.25, 0.3) is 0 Å². The molecule has 3 aromatic rings. The minimum absolute atomic E-state index is 0.0993. The Morgan fingerprint density at radius 2 is 1.85 bits per heavy atom. The minimum Gasteiger partial charge on any atom is -0.472 e. The van der Waals surface area contributed by atoms with E-state index in [1.165, 1.54) is 25.4 Å². The number of esters is 1. The summed E-state index contributed by atoms with van der Waals surface area (Å²) in [5.74, 6) is 0.553. The first-order valence-electron chi connectivity index (χ1n) is 10.6. The normalized spacial score (nSPS) is 11.4. The Morgan fingerprint density at radius 1 is 1.06 bits per heavy atom. The molecule has 34 heavy (non-hydrogen) atoms. The molecule has 0 unspecified atom stereocenters. The second-order valence-electron chi connectivity index (χ2n) is 7.59. The predicted molar refractivity (Wildman–Crippen MR) is 125 cm³/mol. The highest BCUT2D eigenvalue weighted by atomic mass is 16.5. The Bertz CT molecular complexity index is 1130. The molecule has 0 bridgehead atoms. The van der Waals surface area contributed by atoms with E-state index in [1.54, 1.807) is 25.3 Å². The second-order valence-corrected chi connectivity index (χ2v) is 7.59. The molecule has 0 aliphatic rings. The average Bonchev–Trinajstić information content (AvgIpc) is 2.80. The van der Waals surface area contributed by atoms with Crippen molar-refractivity contribution in [3.63, 3.8) is 0 Å². The summed E-state index contributed by atoms with van der Waals surface area (Å²) < 4.78 is 21.4. The summed E-state index contributed by atoms with van der Waals surface area (Å²) in [6.45, 7) is 4.14. The Kier molecular flexibility index (Phi) is 8.53. The van der Waals surface area contributed by atoms with E-state index < -0.39 is 5.91 Å². The van der Waals surface area contributed by atoms with Gasteiger partial charge in [0, 0.05) is 25.4 Å². The molecule has 1 N–H and O–H groups in total. The first kappa shape index (κ1) is 24.7. The molecule has 9 heteroatoms. The fraction of sp³-hybridized carbons (Fsp3) is 0.280. The van der Waals surface area contributed by atoms with Gasteiger partial charge < -0.3 is 24.3 Å². The predicted octanol–water partition coefficient (Wildman–Crippen LogP) is 3.96. The zero-order valence-corrected chi connectivity index (χ0v) is 19.5. The number of hydrogen-bond acceptors (Lipinski definition) is 8. The maximum absolute atomic E-state index is 13.0. The largest absolute Gasteiger partial charge is 0.472 e. The molecule has 0 spiro atoms. The number of carbonyl (C=O) groups is 2. The van der Waals surface area contributed by atoms with Gasteiger partial charge in [-0.3, -0.25) is 9.59 Å². The summed E-state index contributed by atoms with van der Waals surface area (Å²) in [6.07, 6.45) is 1.32. The molecule has 0 aliphatic heterocycles. The van der Waals surface area contributed by atoms with E-state index in [2.05, 4.69) is 20.0 Å². The Morgan fingerprint density at radius 3 is 2.53 bits per heavy atom. The Labute approximate surface area is 198 Å².